The van der Waals surface area contributed by atoms with Gasteiger partial charge in [0.1, 0.15) is 18.3 Å². The highest BCUT2D eigenvalue weighted by Gasteiger charge is 2.31. The number of hydrogen-bond acceptors (Lipinski definition) is 5. The number of carbonyl (C=O) groups is 2. The van der Waals surface area contributed by atoms with Crippen LogP contribution in [0.3, 0.4) is 0 Å². The molecule has 9 heteroatoms. The van der Waals surface area contributed by atoms with Crippen molar-refractivity contribution in [2.24, 2.45) is 0 Å². The number of nitrogens with zero attached hydrogens (tertiary/aromatic N) is 2. The third kappa shape index (κ3) is 6.71. The molecule has 0 heterocycles. The average molecular weight is 462 g/mol. The van der Waals surface area contributed by atoms with E-state index >= 15 is 0 Å². The molecule has 0 aromatic heterocycles. The first-order valence-corrected chi connectivity index (χ1v) is 12.2. The number of sulfonamides is 1. The molecule has 2 aromatic rings. The van der Waals surface area contributed by atoms with Crippen molar-refractivity contribution in [1.82, 2.24) is 10.2 Å². The number of methoxy groups -OCH3 is 1. The summed E-state index contributed by atoms with van der Waals surface area (Å²) in [7, 11) is -0.768. The van der Waals surface area contributed by atoms with Gasteiger partial charge in [-0.2, -0.15) is 0 Å². The Kier molecular flexibility index (Phi) is 9.07. The molecule has 0 saturated carbocycles. The lowest BCUT2D eigenvalue weighted by molar-refractivity contribution is -0.139. The third-order valence-electron chi connectivity index (χ3n) is 5.14. The first-order chi connectivity index (χ1) is 15.2. The van der Waals surface area contributed by atoms with Crippen LogP contribution in [0.2, 0.25) is 0 Å². The van der Waals surface area contributed by atoms with Gasteiger partial charge in [0.15, 0.2) is 0 Å². The quantitative estimate of drug-likeness (QED) is 0.553. The van der Waals surface area contributed by atoms with Gasteiger partial charge in [-0.25, -0.2) is 8.42 Å². The van der Waals surface area contributed by atoms with E-state index in [9.17, 15) is 18.0 Å². The maximum atomic E-state index is 13.4. The van der Waals surface area contributed by atoms with Crippen molar-refractivity contribution in [2.45, 2.75) is 25.8 Å². The molecular formula is C23H31N3O5S. The van der Waals surface area contributed by atoms with Crippen LogP contribution in [0.5, 0.6) is 5.75 Å². The Bertz CT molecular complexity index is 1010. The van der Waals surface area contributed by atoms with Gasteiger partial charge in [0.2, 0.25) is 21.8 Å². The van der Waals surface area contributed by atoms with E-state index in [2.05, 4.69) is 5.32 Å². The second-order valence-corrected chi connectivity index (χ2v) is 9.24. The Labute approximate surface area is 190 Å². The standard InChI is InChI=1S/C23H31N3O5S/c1-5-21(23(28)24-2)25(15-14-18-10-7-6-8-11-18)22(27)17-26(32(4,29)30)19-12-9-13-20(16-19)31-3/h6-13,16,21H,5,14-15,17H2,1-4H3,(H,24,28). The van der Waals surface area contributed by atoms with Gasteiger partial charge in [-0.05, 0) is 30.5 Å². The van der Waals surface area contributed by atoms with Crippen LogP contribution >= 0.6 is 0 Å². The van der Waals surface area contributed by atoms with Crippen LogP contribution in [0.25, 0.3) is 0 Å². The molecule has 1 atom stereocenters. The Balaban J connectivity index is 2.35. The lowest BCUT2D eigenvalue weighted by Gasteiger charge is -2.32. The summed E-state index contributed by atoms with van der Waals surface area (Å²) in [5.41, 5.74) is 1.33. The van der Waals surface area contributed by atoms with E-state index in [1.54, 1.807) is 24.3 Å². The molecular weight excluding hydrogens is 430 g/mol. The number of ether oxygens (including phenoxy) is 1. The van der Waals surface area contributed by atoms with E-state index < -0.39 is 28.5 Å². The first kappa shape index (κ1) is 25.2. The average Bonchev–Trinajstić information content (AvgIpc) is 2.79. The smallest absolute Gasteiger partial charge is 0.244 e. The largest absolute Gasteiger partial charge is 0.497 e. The van der Waals surface area contributed by atoms with Gasteiger partial charge in [0.05, 0.1) is 19.1 Å². The van der Waals surface area contributed by atoms with Crippen LogP contribution in [-0.4, -0.2) is 64.7 Å². The number of carbonyl (C=O) groups excluding carboxylic acids is 2. The molecule has 2 rings (SSSR count). The Morgan fingerprint density at radius 1 is 1.09 bits per heavy atom. The lowest BCUT2D eigenvalue weighted by atomic mass is 10.1. The fraction of sp³-hybridized carbons (Fsp3) is 0.391. The number of anilines is 1. The molecule has 0 fully saturated rings. The van der Waals surface area contributed by atoms with Gasteiger partial charge in [-0.3, -0.25) is 13.9 Å². The van der Waals surface area contributed by atoms with E-state index in [0.717, 1.165) is 16.1 Å². The predicted octanol–water partition coefficient (Wildman–Crippen LogP) is 2.06. The third-order valence-corrected chi connectivity index (χ3v) is 6.28. The van der Waals surface area contributed by atoms with Gasteiger partial charge in [0.25, 0.3) is 0 Å². The Morgan fingerprint density at radius 2 is 1.78 bits per heavy atom. The van der Waals surface area contributed by atoms with E-state index in [4.69, 9.17) is 4.74 Å². The number of hydrogen-bond donors (Lipinski definition) is 1. The summed E-state index contributed by atoms with van der Waals surface area (Å²) in [6, 6.07) is 15.4. The normalized spacial score (nSPS) is 12.0. The summed E-state index contributed by atoms with van der Waals surface area (Å²) in [5, 5.41) is 2.60. The fourth-order valence-electron chi connectivity index (χ4n) is 3.44. The maximum absolute atomic E-state index is 13.4. The lowest BCUT2D eigenvalue weighted by Crippen LogP contribution is -2.52. The summed E-state index contributed by atoms with van der Waals surface area (Å²) >= 11 is 0. The van der Waals surface area contributed by atoms with E-state index in [1.165, 1.54) is 19.1 Å². The summed E-state index contributed by atoms with van der Waals surface area (Å²) in [4.78, 5) is 27.3. The summed E-state index contributed by atoms with van der Waals surface area (Å²) < 4.78 is 31.3. The molecule has 2 amide bonds. The van der Waals surface area contributed by atoms with E-state index in [1.807, 2.05) is 37.3 Å². The van der Waals surface area contributed by atoms with Crippen LogP contribution in [-0.2, 0) is 26.0 Å². The first-order valence-electron chi connectivity index (χ1n) is 10.4. The van der Waals surface area contributed by atoms with Crippen LogP contribution in [0.15, 0.2) is 54.6 Å². The zero-order valence-electron chi connectivity index (χ0n) is 18.9. The SMILES string of the molecule is CCC(C(=O)NC)N(CCc1ccccc1)C(=O)CN(c1cccc(OC)c1)S(C)(=O)=O. The number of amides is 2. The van der Waals surface area contributed by atoms with Crippen LogP contribution in [0, 0.1) is 0 Å². The molecule has 2 aromatic carbocycles. The van der Waals surface area contributed by atoms with Crippen molar-refractivity contribution in [1.29, 1.82) is 0 Å². The molecule has 0 spiro atoms. The molecule has 32 heavy (non-hydrogen) atoms. The molecule has 0 aliphatic rings. The van der Waals surface area contributed by atoms with Gasteiger partial charge < -0.3 is 15.0 Å². The van der Waals surface area contributed by atoms with Crippen molar-refractivity contribution in [2.75, 3.05) is 37.8 Å². The molecule has 0 aliphatic heterocycles. The van der Waals surface area contributed by atoms with E-state index in [-0.39, 0.29) is 12.5 Å². The Hall–Kier alpha value is -3.07. The number of benzene rings is 2. The highest BCUT2D eigenvalue weighted by molar-refractivity contribution is 7.92. The van der Waals surface area contributed by atoms with Crippen molar-refractivity contribution < 1.29 is 22.7 Å². The molecule has 0 saturated heterocycles. The van der Waals surface area contributed by atoms with Crippen LogP contribution < -0.4 is 14.4 Å². The van der Waals surface area contributed by atoms with Gasteiger partial charge in [0, 0.05) is 19.7 Å². The summed E-state index contributed by atoms with van der Waals surface area (Å²) in [6.07, 6.45) is 1.99. The van der Waals surface area contributed by atoms with Crippen LogP contribution in [0.1, 0.15) is 18.9 Å². The molecule has 8 nitrogen and oxygen atoms in total. The summed E-state index contributed by atoms with van der Waals surface area (Å²) in [5.74, 6) is -0.271. The number of likely N-dealkylation sites (N-methyl/N-ethyl adjacent to an activating group) is 1. The van der Waals surface area contributed by atoms with Crippen molar-refractivity contribution in [3.63, 3.8) is 0 Å². The zero-order valence-corrected chi connectivity index (χ0v) is 19.8. The van der Waals surface area contributed by atoms with Crippen molar-refractivity contribution in [3.8, 4) is 5.75 Å². The molecule has 0 aliphatic carbocycles. The topological polar surface area (TPSA) is 96.0 Å². The zero-order chi connectivity index (χ0) is 23.7. The van der Waals surface area contributed by atoms with Crippen molar-refractivity contribution >= 4 is 27.5 Å². The number of nitrogens with one attached hydrogen (secondary N) is 1. The minimum Gasteiger partial charge on any atom is -0.497 e. The predicted molar refractivity (Wildman–Crippen MR) is 125 cm³/mol. The summed E-state index contributed by atoms with van der Waals surface area (Å²) in [6.45, 7) is 1.68. The molecule has 0 radical (unpaired) electrons. The minimum atomic E-state index is -3.77. The van der Waals surface area contributed by atoms with Gasteiger partial charge in [-0.15, -0.1) is 0 Å². The second-order valence-electron chi connectivity index (χ2n) is 7.33. The van der Waals surface area contributed by atoms with Gasteiger partial charge >= 0.3 is 0 Å². The monoisotopic (exact) mass is 461 g/mol. The molecule has 1 N–H and O–H groups in total. The molecule has 174 valence electrons. The van der Waals surface area contributed by atoms with Gasteiger partial charge in [-0.1, -0.05) is 43.3 Å². The molecule has 0 bridgehead atoms. The maximum Gasteiger partial charge on any atom is 0.244 e. The highest BCUT2D eigenvalue weighted by atomic mass is 32.2. The Morgan fingerprint density at radius 3 is 2.34 bits per heavy atom. The molecule has 1 unspecified atom stereocenters. The highest BCUT2D eigenvalue weighted by Crippen LogP contribution is 2.23. The second kappa shape index (κ2) is 11.5. The van der Waals surface area contributed by atoms with Crippen molar-refractivity contribution in [3.05, 3.63) is 60.2 Å². The number of rotatable bonds is 11. The minimum absolute atomic E-state index is 0.282. The fourth-order valence-corrected chi connectivity index (χ4v) is 4.28. The van der Waals surface area contributed by atoms with Crippen LogP contribution in [0.4, 0.5) is 5.69 Å². The van der Waals surface area contributed by atoms with E-state index in [0.29, 0.717) is 24.3 Å².